The predicted molar refractivity (Wildman–Crippen MR) is 70.2 cm³/mol. The Bertz CT molecular complexity index is 271. The first kappa shape index (κ1) is 12.4. The molecule has 0 bridgehead atoms. The number of thiophene rings is 1. The van der Waals surface area contributed by atoms with Gasteiger partial charge in [0.05, 0.1) is 0 Å². The van der Waals surface area contributed by atoms with Crippen LogP contribution in [0.4, 0.5) is 0 Å². The minimum absolute atomic E-state index is 1.00. The molecule has 0 nitrogen and oxygen atoms in total. The third kappa shape index (κ3) is 3.43. The van der Waals surface area contributed by atoms with E-state index in [1.807, 2.05) is 6.07 Å². The molecule has 0 saturated carbocycles. The van der Waals surface area contributed by atoms with Gasteiger partial charge in [0.15, 0.2) is 0 Å². The van der Waals surface area contributed by atoms with Gasteiger partial charge in [-0.1, -0.05) is 0 Å². The molecule has 0 spiro atoms. The van der Waals surface area contributed by atoms with E-state index in [1.165, 1.54) is 4.50 Å². The summed E-state index contributed by atoms with van der Waals surface area (Å²) in [5.41, 5.74) is 0. The number of rotatable bonds is 2. The van der Waals surface area contributed by atoms with Crippen molar-refractivity contribution < 1.29 is 0 Å². The van der Waals surface area contributed by atoms with Crippen molar-refractivity contribution in [2.75, 3.05) is 0 Å². The van der Waals surface area contributed by atoms with Gasteiger partial charge in [0.25, 0.3) is 0 Å². The van der Waals surface area contributed by atoms with E-state index in [9.17, 15) is 0 Å². The molecule has 0 N–H and O–H groups in total. The van der Waals surface area contributed by atoms with Crippen molar-refractivity contribution in [1.29, 1.82) is 0 Å². The molecule has 1 heterocycles. The van der Waals surface area contributed by atoms with Crippen LogP contribution >= 0.6 is 41.4 Å². The zero-order chi connectivity index (χ0) is 10.3. The first-order chi connectivity index (χ1) is 5.71. The Morgan fingerprint density at radius 3 is 1.92 bits per heavy atom. The van der Waals surface area contributed by atoms with Crippen LogP contribution in [0.1, 0.15) is 0 Å². The van der Waals surface area contributed by atoms with Crippen LogP contribution in [-0.4, -0.2) is 18.6 Å². The molecular formula is C7H11Cl3GeSSi. The van der Waals surface area contributed by atoms with Crippen LogP contribution in [-0.2, 0) is 0 Å². The van der Waals surface area contributed by atoms with E-state index in [0.29, 0.717) is 0 Å². The van der Waals surface area contributed by atoms with Gasteiger partial charge in [-0.2, -0.15) is 0 Å². The van der Waals surface area contributed by atoms with E-state index in [4.69, 9.17) is 30.0 Å². The standard InChI is InChI=1S/C7H11Cl3GeSSi/c1-13(2,3)7-5-4-6(12-7)11(8,9)10/h4-5H,1-3H3. The number of hydrogen-bond acceptors (Lipinski definition) is 1. The van der Waals surface area contributed by atoms with Crippen LogP contribution in [0.2, 0.25) is 19.6 Å². The molecule has 0 aliphatic rings. The second kappa shape index (κ2) is 4.06. The molecule has 0 radical (unpaired) electrons. The monoisotopic (exact) mass is 334 g/mol. The van der Waals surface area contributed by atoms with Crippen molar-refractivity contribution >= 4 is 68.1 Å². The van der Waals surface area contributed by atoms with Gasteiger partial charge in [-0.15, -0.1) is 0 Å². The van der Waals surface area contributed by atoms with Crippen molar-refractivity contribution in [2.24, 2.45) is 0 Å². The summed E-state index contributed by atoms with van der Waals surface area (Å²) >= 11 is 1.70. The third-order valence-electron chi connectivity index (χ3n) is 1.62. The van der Waals surface area contributed by atoms with E-state index in [0.717, 1.165) is 3.71 Å². The van der Waals surface area contributed by atoms with Gasteiger partial charge in [0.2, 0.25) is 0 Å². The summed E-state index contributed by atoms with van der Waals surface area (Å²) in [7, 11) is 13.6. The molecule has 13 heavy (non-hydrogen) atoms. The van der Waals surface area contributed by atoms with Crippen molar-refractivity contribution in [1.82, 2.24) is 0 Å². The van der Waals surface area contributed by atoms with Crippen molar-refractivity contribution in [3.8, 4) is 0 Å². The van der Waals surface area contributed by atoms with Crippen molar-refractivity contribution in [3.05, 3.63) is 12.1 Å². The maximum atomic E-state index is 5.97. The molecule has 0 aromatic carbocycles. The summed E-state index contributed by atoms with van der Waals surface area (Å²) in [4.78, 5) is 0. The van der Waals surface area contributed by atoms with Gasteiger partial charge >= 0.3 is 99.9 Å². The molecule has 0 saturated heterocycles. The molecule has 0 fully saturated rings. The predicted octanol–water partition coefficient (Wildman–Crippen LogP) is 3.16. The second-order valence-electron chi connectivity index (χ2n) is 3.91. The van der Waals surface area contributed by atoms with E-state index in [-0.39, 0.29) is 0 Å². The van der Waals surface area contributed by atoms with Crippen LogP contribution in [0.25, 0.3) is 0 Å². The Labute approximate surface area is 99.1 Å². The molecule has 0 amide bonds. The van der Waals surface area contributed by atoms with Crippen molar-refractivity contribution in [3.63, 3.8) is 0 Å². The fourth-order valence-electron chi connectivity index (χ4n) is 0.893. The van der Waals surface area contributed by atoms with Gasteiger partial charge in [-0.05, 0) is 0 Å². The first-order valence-electron chi connectivity index (χ1n) is 3.89. The Kier molecular flexibility index (Phi) is 3.88. The molecule has 0 aliphatic heterocycles. The van der Waals surface area contributed by atoms with E-state index >= 15 is 0 Å². The van der Waals surface area contributed by atoms with Crippen LogP contribution < -0.4 is 8.21 Å². The molecule has 0 unspecified atom stereocenters. The summed E-state index contributed by atoms with van der Waals surface area (Å²) in [5, 5.41) is 0. The summed E-state index contributed by atoms with van der Waals surface area (Å²) in [6.45, 7) is 6.90. The maximum absolute atomic E-state index is 5.97. The average Bonchev–Trinajstić information content (AvgIpc) is 2.28. The quantitative estimate of drug-likeness (QED) is 0.729. The SMILES string of the molecule is C[Si](C)(C)c1cc[c]([Ge]([Cl])([Cl])[Cl])s1. The van der Waals surface area contributed by atoms with Gasteiger partial charge in [-0.25, -0.2) is 0 Å². The van der Waals surface area contributed by atoms with E-state index < -0.39 is 18.6 Å². The average molecular weight is 334 g/mol. The molecule has 0 aliphatic carbocycles. The second-order valence-corrected chi connectivity index (χ2v) is 26.2. The summed E-state index contributed by atoms with van der Waals surface area (Å²) in [6, 6.07) is 4.12. The molecule has 1 aromatic heterocycles. The molecule has 0 atom stereocenters. The van der Waals surface area contributed by atoms with E-state index in [2.05, 4.69) is 25.7 Å². The van der Waals surface area contributed by atoms with Gasteiger partial charge in [0, 0.05) is 0 Å². The summed E-state index contributed by atoms with van der Waals surface area (Å²) in [6.07, 6.45) is 0. The zero-order valence-corrected chi connectivity index (χ0v) is 13.9. The fourth-order valence-corrected chi connectivity index (χ4v) is 9.08. The van der Waals surface area contributed by atoms with E-state index in [1.54, 1.807) is 11.3 Å². The van der Waals surface area contributed by atoms with Crippen LogP contribution in [0.15, 0.2) is 12.1 Å². The topological polar surface area (TPSA) is 0 Å². The van der Waals surface area contributed by atoms with Crippen LogP contribution in [0, 0.1) is 0 Å². The summed E-state index contributed by atoms with van der Waals surface area (Å²) in [5.74, 6) is 0. The molecular weight excluding hydrogens is 323 g/mol. The Hall–Kier alpha value is 1.33. The fraction of sp³-hybridized carbons (Fsp3) is 0.429. The Balaban J connectivity index is 3.01. The molecule has 1 aromatic rings. The molecule has 74 valence electrons. The molecule has 6 heteroatoms. The Morgan fingerprint density at radius 2 is 1.69 bits per heavy atom. The summed E-state index contributed by atoms with van der Waals surface area (Å²) < 4.78 is 2.42. The number of halogens is 3. The zero-order valence-electron chi connectivity index (χ0n) is 7.70. The minimum atomic E-state index is -3.11. The normalized spacial score (nSPS) is 13.4. The molecule has 1 rings (SSSR count). The number of hydrogen-bond donors (Lipinski definition) is 0. The third-order valence-corrected chi connectivity index (χ3v) is 14.8. The van der Waals surface area contributed by atoms with Crippen LogP contribution in [0.5, 0.6) is 0 Å². The van der Waals surface area contributed by atoms with Gasteiger partial charge < -0.3 is 0 Å². The first-order valence-corrected chi connectivity index (χ1v) is 17.5. The Morgan fingerprint density at radius 1 is 1.15 bits per heavy atom. The van der Waals surface area contributed by atoms with Gasteiger partial charge in [0.1, 0.15) is 0 Å². The van der Waals surface area contributed by atoms with Gasteiger partial charge in [-0.3, -0.25) is 0 Å². The van der Waals surface area contributed by atoms with Crippen molar-refractivity contribution in [2.45, 2.75) is 19.6 Å². The van der Waals surface area contributed by atoms with Crippen LogP contribution in [0.3, 0.4) is 0 Å².